The van der Waals surface area contributed by atoms with E-state index in [2.05, 4.69) is 19.1 Å². The summed E-state index contributed by atoms with van der Waals surface area (Å²) in [6.07, 6.45) is 1.66. The lowest BCUT2D eigenvalue weighted by molar-refractivity contribution is -0.135. The highest BCUT2D eigenvalue weighted by molar-refractivity contribution is 6.06. The number of anilines is 1. The molecule has 1 heterocycles. The van der Waals surface area contributed by atoms with Crippen LogP contribution in [-0.2, 0) is 11.2 Å². The number of carbonyl (C=O) groups is 2. The Kier molecular flexibility index (Phi) is 4.65. The van der Waals surface area contributed by atoms with Crippen LogP contribution in [0.4, 0.5) is 5.69 Å². The van der Waals surface area contributed by atoms with E-state index in [-0.39, 0.29) is 17.7 Å². The number of aryl methyl sites for hydroxylation is 1. The smallest absolute Gasteiger partial charge is 0.276 e. The molecule has 1 unspecified atom stereocenters. The van der Waals surface area contributed by atoms with E-state index in [1.54, 1.807) is 12.1 Å². The van der Waals surface area contributed by atoms with E-state index in [1.165, 1.54) is 10.6 Å². The van der Waals surface area contributed by atoms with Crippen LogP contribution in [0.5, 0.6) is 0 Å². The number of hydrogen-bond acceptors (Lipinski definition) is 3. The summed E-state index contributed by atoms with van der Waals surface area (Å²) in [6, 6.07) is 17.0. The second kappa shape index (κ2) is 6.87. The van der Waals surface area contributed by atoms with E-state index in [9.17, 15) is 9.59 Å². The predicted molar refractivity (Wildman–Crippen MR) is 94.6 cm³/mol. The minimum Gasteiger partial charge on any atom is -0.276 e. The molecule has 24 heavy (non-hydrogen) atoms. The Labute approximate surface area is 142 Å². The molecule has 1 aliphatic heterocycles. The summed E-state index contributed by atoms with van der Waals surface area (Å²) in [5.41, 5.74) is 2.60. The van der Waals surface area contributed by atoms with Crippen molar-refractivity contribution < 1.29 is 9.59 Å². The number of hydrogen-bond donors (Lipinski definition) is 0. The van der Waals surface area contributed by atoms with Crippen molar-refractivity contribution in [3.8, 4) is 0 Å². The zero-order valence-electron chi connectivity index (χ0n) is 14.1. The fraction of sp³-hybridized carbons (Fsp3) is 0.300. The Morgan fingerprint density at radius 1 is 1.12 bits per heavy atom. The monoisotopic (exact) mass is 322 g/mol. The maximum absolute atomic E-state index is 13.0. The second-order valence-corrected chi connectivity index (χ2v) is 6.16. The van der Waals surface area contributed by atoms with Gasteiger partial charge >= 0.3 is 0 Å². The van der Waals surface area contributed by atoms with Crippen molar-refractivity contribution in [3.63, 3.8) is 0 Å². The normalized spacial score (nSPS) is 17.9. The van der Waals surface area contributed by atoms with E-state index < -0.39 is 0 Å². The molecular weight excluding hydrogens is 300 g/mol. The summed E-state index contributed by atoms with van der Waals surface area (Å²) >= 11 is 0. The van der Waals surface area contributed by atoms with Crippen LogP contribution in [0.3, 0.4) is 0 Å². The van der Waals surface area contributed by atoms with Gasteiger partial charge in [0.15, 0.2) is 0 Å². The molecule has 124 valence electrons. The van der Waals surface area contributed by atoms with Gasteiger partial charge in [-0.25, -0.2) is 0 Å². The Bertz CT molecular complexity index is 742. The SMILES string of the molecule is CCc1cccc(N2CCC(C)C(=O)N2C(=O)c2ccccc2)c1. The average molecular weight is 322 g/mol. The maximum atomic E-state index is 13.0. The predicted octanol–water partition coefficient (Wildman–Crippen LogP) is 3.68. The van der Waals surface area contributed by atoms with Gasteiger partial charge in [0.2, 0.25) is 0 Å². The van der Waals surface area contributed by atoms with Crippen molar-refractivity contribution in [2.45, 2.75) is 26.7 Å². The van der Waals surface area contributed by atoms with Crippen molar-refractivity contribution >= 4 is 17.5 Å². The van der Waals surface area contributed by atoms with Crippen molar-refractivity contribution in [1.82, 2.24) is 5.01 Å². The van der Waals surface area contributed by atoms with Crippen LogP contribution in [0.15, 0.2) is 54.6 Å². The van der Waals surface area contributed by atoms with Gasteiger partial charge in [0.1, 0.15) is 0 Å². The number of amides is 2. The van der Waals surface area contributed by atoms with E-state index >= 15 is 0 Å². The summed E-state index contributed by atoms with van der Waals surface area (Å²) in [4.78, 5) is 25.7. The molecule has 2 aromatic rings. The van der Waals surface area contributed by atoms with Crippen molar-refractivity contribution in [2.24, 2.45) is 5.92 Å². The topological polar surface area (TPSA) is 40.6 Å². The van der Waals surface area contributed by atoms with E-state index in [4.69, 9.17) is 0 Å². The van der Waals surface area contributed by atoms with Gasteiger partial charge in [-0.15, -0.1) is 0 Å². The summed E-state index contributed by atoms with van der Waals surface area (Å²) in [7, 11) is 0. The number of benzene rings is 2. The van der Waals surface area contributed by atoms with Gasteiger partial charge < -0.3 is 0 Å². The van der Waals surface area contributed by atoms with E-state index in [0.29, 0.717) is 12.1 Å². The molecule has 2 aromatic carbocycles. The highest BCUT2D eigenvalue weighted by Crippen LogP contribution is 2.27. The van der Waals surface area contributed by atoms with Gasteiger partial charge in [0.25, 0.3) is 11.8 Å². The van der Waals surface area contributed by atoms with Gasteiger partial charge in [-0.3, -0.25) is 14.6 Å². The summed E-state index contributed by atoms with van der Waals surface area (Å²) in [5, 5.41) is 3.13. The first-order valence-electron chi connectivity index (χ1n) is 8.41. The third-order valence-corrected chi connectivity index (χ3v) is 4.48. The van der Waals surface area contributed by atoms with Crippen LogP contribution in [0.2, 0.25) is 0 Å². The lowest BCUT2D eigenvalue weighted by Gasteiger charge is -2.40. The number of hydrazine groups is 1. The number of carbonyl (C=O) groups excluding carboxylic acids is 2. The molecule has 4 nitrogen and oxygen atoms in total. The molecule has 4 heteroatoms. The van der Waals surface area contributed by atoms with Gasteiger partial charge in [-0.2, -0.15) is 5.01 Å². The van der Waals surface area contributed by atoms with E-state index in [0.717, 1.165) is 18.5 Å². The quantitative estimate of drug-likeness (QED) is 0.809. The Morgan fingerprint density at radius 2 is 1.88 bits per heavy atom. The molecule has 0 aliphatic carbocycles. The lowest BCUT2D eigenvalue weighted by atomic mass is 10.0. The molecule has 0 N–H and O–H groups in total. The molecule has 0 bridgehead atoms. The lowest BCUT2D eigenvalue weighted by Crippen LogP contribution is -2.56. The molecular formula is C20H22N2O2. The largest absolute Gasteiger partial charge is 0.279 e. The molecule has 0 radical (unpaired) electrons. The van der Waals surface area contributed by atoms with Gasteiger partial charge in [0, 0.05) is 18.0 Å². The number of imide groups is 1. The zero-order valence-corrected chi connectivity index (χ0v) is 14.1. The Hall–Kier alpha value is -2.62. The molecule has 0 saturated carbocycles. The van der Waals surface area contributed by atoms with Crippen LogP contribution in [-0.4, -0.2) is 23.4 Å². The number of nitrogens with zero attached hydrogens (tertiary/aromatic N) is 2. The third kappa shape index (κ3) is 3.04. The van der Waals surface area contributed by atoms with Crippen molar-refractivity contribution in [2.75, 3.05) is 11.6 Å². The Balaban J connectivity index is 1.99. The standard InChI is InChI=1S/C20H22N2O2/c1-3-16-8-7-11-18(14-16)21-13-12-15(2)19(23)22(21)20(24)17-9-5-4-6-10-17/h4-11,14-15H,3,12-13H2,1-2H3. The van der Waals surface area contributed by atoms with E-state index in [1.807, 2.05) is 42.3 Å². The molecule has 1 fully saturated rings. The van der Waals surface area contributed by atoms with Crippen LogP contribution < -0.4 is 5.01 Å². The molecule has 3 rings (SSSR count). The molecule has 2 amide bonds. The minimum atomic E-state index is -0.269. The van der Waals surface area contributed by atoms with Crippen LogP contribution in [0, 0.1) is 5.92 Å². The van der Waals surface area contributed by atoms with Gasteiger partial charge in [-0.1, -0.05) is 44.2 Å². The van der Waals surface area contributed by atoms with Crippen molar-refractivity contribution in [1.29, 1.82) is 0 Å². The first-order chi connectivity index (χ1) is 11.6. The fourth-order valence-corrected chi connectivity index (χ4v) is 2.96. The van der Waals surface area contributed by atoms with Crippen LogP contribution in [0.25, 0.3) is 0 Å². The zero-order chi connectivity index (χ0) is 17.1. The third-order valence-electron chi connectivity index (χ3n) is 4.48. The summed E-state index contributed by atoms with van der Waals surface area (Å²) in [6.45, 7) is 4.63. The summed E-state index contributed by atoms with van der Waals surface area (Å²) < 4.78 is 0. The maximum Gasteiger partial charge on any atom is 0.279 e. The van der Waals surface area contributed by atoms with Crippen LogP contribution >= 0.6 is 0 Å². The first-order valence-corrected chi connectivity index (χ1v) is 8.41. The second-order valence-electron chi connectivity index (χ2n) is 6.16. The molecule has 1 saturated heterocycles. The van der Waals surface area contributed by atoms with Gasteiger partial charge in [0.05, 0.1) is 5.69 Å². The fourth-order valence-electron chi connectivity index (χ4n) is 2.96. The van der Waals surface area contributed by atoms with Gasteiger partial charge in [-0.05, 0) is 42.7 Å². The molecule has 0 spiro atoms. The summed E-state index contributed by atoms with van der Waals surface area (Å²) in [5.74, 6) is -0.561. The molecule has 1 aliphatic rings. The number of rotatable bonds is 3. The first kappa shape index (κ1) is 16.2. The highest BCUT2D eigenvalue weighted by Gasteiger charge is 2.36. The highest BCUT2D eigenvalue weighted by atomic mass is 16.2. The minimum absolute atomic E-state index is 0.142. The molecule has 1 atom stereocenters. The van der Waals surface area contributed by atoms with Crippen molar-refractivity contribution in [3.05, 3.63) is 65.7 Å². The Morgan fingerprint density at radius 3 is 2.58 bits per heavy atom. The average Bonchev–Trinajstić information content (AvgIpc) is 2.64. The molecule has 0 aromatic heterocycles. The van der Waals surface area contributed by atoms with Crippen LogP contribution in [0.1, 0.15) is 36.2 Å².